The lowest BCUT2D eigenvalue weighted by molar-refractivity contribution is -0.155. The second kappa shape index (κ2) is 4.34. The summed E-state index contributed by atoms with van der Waals surface area (Å²) in [6, 6.07) is 0. The molecule has 0 aromatic rings. The van der Waals surface area contributed by atoms with Crippen LogP contribution in [0.1, 0.15) is 53.9 Å². The normalized spacial score (nSPS) is 31.0. The molecule has 0 aromatic heterocycles. The van der Waals surface area contributed by atoms with Crippen molar-refractivity contribution in [2.45, 2.75) is 65.2 Å². The first kappa shape index (κ1) is 13.5. The zero-order chi connectivity index (χ0) is 12.6. The van der Waals surface area contributed by atoms with Gasteiger partial charge in [-0.25, -0.2) is 4.39 Å². The maximum atomic E-state index is 13.3. The largest absolute Gasteiger partial charge is 0.460 e. The van der Waals surface area contributed by atoms with Gasteiger partial charge in [0.25, 0.3) is 0 Å². The van der Waals surface area contributed by atoms with Gasteiger partial charge in [0.05, 0.1) is 0 Å². The molecule has 3 unspecified atom stereocenters. The molecule has 0 radical (unpaired) electrons. The molecule has 3 heteroatoms. The first-order valence-corrected chi connectivity index (χ1v) is 6.01. The molecule has 0 bridgehead atoms. The van der Waals surface area contributed by atoms with E-state index in [4.69, 9.17) is 4.74 Å². The van der Waals surface area contributed by atoms with Gasteiger partial charge >= 0.3 is 5.97 Å². The van der Waals surface area contributed by atoms with Crippen molar-refractivity contribution in [2.75, 3.05) is 0 Å². The number of ether oxygens (including phenoxy) is 1. The minimum atomic E-state index is -0.984. The number of alkyl halides is 1. The van der Waals surface area contributed by atoms with Crippen LogP contribution in [0.4, 0.5) is 4.39 Å². The summed E-state index contributed by atoms with van der Waals surface area (Å²) in [6.07, 6.45) is 1.82. The third-order valence-electron chi connectivity index (χ3n) is 2.96. The Morgan fingerprint density at radius 2 is 2.06 bits per heavy atom. The minimum Gasteiger partial charge on any atom is -0.460 e. The molecule has 16 heavy (non-hydrogen) atoms. The lowest BCUT2D eigenvalue weighted by Crippen LogP contribution is -2.25. The molecule has 1 saturated carbocycles. The van der Waals surface area contributed by atoms with Crippen molar-refractivity contribution in [2.24, 2.45) is 11.8 Å². The fraction of sp³-hybridized carbons (Fsp3) is 0.923. The summed E-state index contributed by atoms with van der Waals surface area (Å²) < 4.78 is 18.5. The highest BCUT2D eigenvalue weighted by Crippen LogP contribution is 2.50. The minimum absolute atomic E-state index is 0.143. The lowest BCUT2D eigenvalue weighted by atomic mass is 9.99. The molecule has 0 aromatic carbocycles. The maximum absolute atomic E-state index is 13.3. The van der Waals surface area contributed by atoms with Crippen LogP contribution in [0.2, 0.25) is 0 Å². The van der Waals surface area contributed by atoms with Gasteiger partial charge in [-0.1, -0.05) is 6.92 Å². The summed E-state index contributed by atoms with van der Waals surface area (Å²) >= 11 is 0. The Hall–Kier alpha value is -0.600. The predicted molar refractivity (Wildman–Crippen MR) is 61.9 cm³/mol. The van der Waals surface area contributed by atoms with Gasteiger partial charge in [0.1, 0.15) is 11.3 Å². The molecule has 0 amide bonds. The monoisotopic (exact) mass is 230 g/mol. The van der Waals surface area contributed by atoms with Crippen LogP contribution in [-0.2, 0) is 9.53 Å². The summed E-state index contributed by atoms with van der Waals surface area (Å²) in [4.78, 5) is 11.5. The van der Waals surface area contributed by atoms with Crippen LogP contribution in [0.15, 0.2) is 0 Å². The molecule has 0 aliphatic heterocycles. The molecular formula is C13H23FO2. The van der Waals surface area contributed by atoms with E-state index in [1.165, 1.54) is 0 Å². The van der Waals surface area contributed by atoms with Crippen LogP contribution in [0.25, 0.3) is 0 Å². The van der Waals surface area contributed by atoms with Crippen LogP contribution >= 0.6 is 0 Å². The topological polar surface area (TPSA) is 26.3 Å². The van der Waals surface area contributed by atoms with E-state index >= 15 is 0 Å². The third kappa shape index (κ3) is 4.50. The summed E-state index contributed by atoms with van der Waals surface area (Å²) in [6.45, 7) is 9.19. The van der Waals surface area contributed by atoms with Gasteiger partial charge in [0.15, 0.2) is 0 Å². The van der Waals surface area contributed by atoms with Crippen LogP contribution in [0.3, 0.4) is 0 Å². The van der Waals surface area contributed by atoms with Gasteiger partial charge in [0, 0.05) is 6.42 Å². The van der Waals surface area contributed by atoms with Gasteiger partial charge in [-0.05, 0) is 52.4 Å². The lowest BCUT2D eigenvalue weighted by Gasteiger charge is -2.21. The van der Waals surface area contributed by atoms with Crippen molar-refractivity contribution in [3.8, 4) is 0 Å². The zero-order valence-electron chi connectivity index (χ0n) is 11.0. The van der Waals surface area contributed by atoms with Crippen molar-refractivity contribution in [3.05, 3.63) is 0 Å². The first-order valence-electron chi connectivity index (χ1n) is 6.01. The molecule has 2 nitrogen and oxygen atoms in total. The number of rotatable bonds is 4. The van der Waals surface area contributed by atoms with Crippen molar-refractivity contribution in [1.29, 1.82) is 0 Å². The fourth-order valence-corrected chi connectivity index (χ4v) is 1.99. The summed E-state index contributed by atoms with van der Waals surface area (Å²) in [7, 11) is 0. The van der Waals surface area contributed by atoms with E-state index in [9.17, 15) is 9.18 Å². The number of halogens is 1. The summed E-state index contributed by atoms with van der Waals surface area (Å²) in [5, 5.41) is 0. The van der Waals surface area contributed by atoms with Crippen LogP contribution in [-0.4, -0.2) is 17.2 Å². The SMILES string of the molecule is CC(CC(=O)OC(C)(C)C)CC1CC1(C)F. The molecule has 0 heterocycles. The number of carbonyl (C=O) groups excluding carboxylic acids is 1. The average Bonchev–Trinajstić information content (AvgIpc) is 2.52. The van der Waals surface area contributed by atoms with Gasteiger partial charge in [-0.3, -0.25) is 4.79 Å². The van der Waals surface area contributed by atoms with E-state index in [1.54, 1.807) is 6.92 Å². The van der Waals surface area contributed by atoms with Gasteiger partial charge < -0.3 is 4.74 Å². The van der Waals surface area contributed by atoms with E-state index in [-0.39, 0.29) is 17.8 Å². The molecule has 1 aliphatic rings. The highest BCUT2D eigenvalue weighted by molar-refractivity contribution is 5.70. The molecule has 0 spiro atoms. The number of carbonyl (C=O) groups is 1. The quantitative estimate of drug-likeness (QED) is 0.691. The Balaban J connectivity index is 2.24. The van der Waals surface area contributed by atoms with Crippen molar-refractivity contribution in [1.82, 2.24) is 0 Å². The number of hydrogen-bond donors (Lipinski definition) is 0. The van der Waals surface area contributed by atoms with Gasteiger partial charge in [0.2, 0.25) is 0 Å². The second-order valence-electron chi connectivity index (χ2n) is 6.31. The second-order valence-corrected chi connectivity index (χ2v) is 6.31. The van der Waals surface area contributed by atoms with Crippen LogP contribution < -0.4 is 0 Å². The van der Waals surface area contributed by atoms with Crippen molar-refractivity contribution < 1.29 is 13.9 Å². The number of hydrogen-bond acceptors (Lipinski definition) is 2. The molecule has 1 fully saturated rings. The molecule has 94 valence electrons. The van der Waals surface area contributed by atoms with Crippen LogP contribution in [0, 0.1) is 11.8 Å². The van der Waals surface area contributed by atoms with E-state index < -0.39 is 11.3 Å². The van der Waals surface area contributed by atoms with E-state index in [0.29, 0.717) is 12.8 Å². The Bertz CT molecular complexity index is 266. The smallest absolute Gasteiger partial charge is 0.306 e. The van der Waals surface area contributed by atoms with Crippen molar-refractivity contribution in [3.63, 3.8) is 0 Å². The Morgan fingerprint density at radius 3 is 2.44 bits per heavy atom. The summed E-state index contributed by atoms with van der Waals surface area (Å²) in [5.74, 6) is 0.170. The average molecular weight is 230 g/mol. The predicted octanol–water partition coefficient (Wildman–Crippen LogP) is 3.49. The number of esters is 1. The zero-order valence-corrected chi connectivity index (χ0v) is 11.0. The molecule has 0 N–H and O–H groups in total. The molecular weight excluding hydrogens is 207 g/mol. The Labute approximate surface area is 97.6 Å². The first-order chi connectivity index (χ1) is 7.10. The van der Waals surface area contributed by atoms with E-state index in [1.807, 2.05) is 27.7 Å². The van der Waals surface area contributed by atoms with Crippen LogP contribution in [0.5, 0.6) is 0 Å². The standard InChI is InChI=1S/C13H23FO2/c1-9(6-10-8-13(10,5)14)7-11(15)16-12(2,3)4/h9-10H,6-8H2,1-5H3. The Kier molecular flexibility index (Phi) is 3.65. The molecule has 1 aliphatic carbocycles. The highest BCUT2D eigenvalue weighted by Gasteiger charge is 2.50. The van der Waals surface area contributed by atoms with E-state index in [2.05, 4.69) is 0 Å². The maximum Gasteiger partial charge on any atom is 0.306 e. The molecule has 1 rings (SSSR count). The fourth-order valence-electron chi connectivity index (χ4n) is 1.99. The van der Waals surface area contributed by atoms with Gasteiger partial charge in [-0.2, -0.15) is 0 Å². The van der Waals surface area contributed by atoms with Gasteiger partial charge in [-0.15, -0.1) is 0 Å². The van der Waals surface area contributed by atoms with E-state index in [0.717, 1.165) is 6.42 Å². The molecule has 0 saturated heterocycles. The third-order valence-corrected chi connectivity index (χ3v) is 2.96. The highest BCUT2D eigenvalue weighted by atomic mass is 19.1. The Morgan fingerprint density at radius 1 is 1.56 bits per heavy atom. The van der Waals surface area contributed by atoms with Crippen molar-refractivity contribution >= 4 is 5.97 Å². The summed E-state index contributed by atoms with van der Waals surface area (Å²) in [5.41, 5.74) is -1.41. The molecule has 3 atom stereocenters.